The summed E-state index contributed by atoms with van der Waals surface area (Å²) in [6.07, 6.45) is -0.530. The van der Waals surface area contributed by atoms with Gasteiger partial charge in [0, 0.05) is 12.5 Å². The molecule has 0 saturated heterocycles. The molecule has 4 nitrogen and oxygen atoms in total. The van der Waals surface area contributed by atoms with E-state index in [0.717, 1.165) is 12.1 Å². The zero-order valence-corrected chi connectivity index (χ0v) is 8.11. The maximum Gasteiger partial charge on any atom is 0.320 e. The number of hydrogen-bond acceptors (Lipinski definition) is 3. The molecule has 0 unspecified atom stereocenters. The third-order valence-corrected chi connectivity index (χ3v) is 1.95. The van der Waals surface area contributed by atoms with Gasteiger partial charge in [-0.3, -0.25) is 9.59 Å². The average molecular weight is 229 g/mol. The van der Waals surface area contributed by atoms with Gasteiger partial charge in [0.2, 0.25) is 0 Å². The first kappa shape index (κ1) is 12.3. The van der Waals surface area contributed by atoms with E-state index in [1.54, 1.807) is 0 Å². The summed E-state index contributed by atoms with van der Waals surface area (Å²) in [6.45, 7) is 0. The van der Waals surface area contributed by atoms with Crippen LogP contribution in [0.2, 0.25) is 0 Å². The molecule has 6 heteroatoms. The standard InChI is InChI=1S/C10H9F2NO3/c11-5-1-2-6(7(12)3-5)9(14)4-8(13)10(15)16/h1-3,8H,4,13H2,(H,15,16)/t8-/m1/s1. The Kier molecular flexibility index (Phi) is 3.68. The van der Waals surface area contributed by atoms with Gasteiger partial charge in [-0.25, -0.2) is 8.78 Å². The summed E-state index contributed by atoms with van der Waals surface area (Å²) < 4.78 is 25.6. The van der Waals surface area contributed by atoms with Crippen LogP contribution in [-0.4, -0.2) is 22.9 Å². The predicted octanol–water partition coefficient (Wildman–Crippen LogP) is 0.950. The highest BCUT2D eigenvalue weighted by Gasteiger charge is 2.19. The largest absolute Gasteiger partial charge is 0.480 e. The Balaban J connectivity index is 2.85. The molecule has 1 rings (SSSR count). The second-order valence-electron chi connectivity index (χ2n) is 3.20. The third-order valence-electron chi connectivity index (χ3n) is 1.95. The fourth-order valence-corrected chi connectivity index (χ4v) is 1.11. The van der Waals surface area contributed by atoms with E-state index in [2.05, 4.69) is 0 Å². The Hall–Kier alpha value is -1.82. The number of carboxylic acids is 1. The molecule has 0 saturated carbocycles. The molecule has 0 aliphatic carbocycles. The lowest BCUT2D eigenvalue weighted by Crippen LogP contribution is -2.32. The van der Waals surface area contributed by atoms with E-state index >= 15 is 0 Å². The van der Waals surface area contributed by atoms with Gasteiger partial charge in [0.25, 0.3) is 0 Å². The minimum Gasteiger partial charge on any atom is -0.480 e. The van der Waals surface area contributed by atoms with Gasteiger partial charge >= 0.3 is 5.97 Å². The van der Waals surface area contributed by atoms with E-state index in [1.807, 2.05) is 0 Å². The first-order valence-electron chi connectivity index (χ1n) is 4.38. The van der Waals surface area contributed by atoms with Crippen LogP contribution in [0, 0.1) is 11.6 Å². The fourth-order valence-electron chi connectivity index (χ4n) is 1.11. The molecule has 1 aromatic rings. The minimum absolute atomic E-state index is 0.363. The van der Waals surface area contributed by atoms with Crippen molar-refractivity contribution in [3.8, 4) is 0 Å². The Morgan fingerprint density at radius 1 is 1.38 bits per heavy atom. The van der Waals surface area contributed by atoms with Gasteiger partial charge in [0.1, 0.15) is 17.7 Å². The summed E-state index contributed by atoms with van der Waals surface area (Å²) >= 11 is 0. The summed E-state index contributed by atoms with van der Waals surface area (Å²) in [6, 6.07) is 1.04. The molecular formula is C10H9F2NO3. The number of hydrogen-bond donors (Lipinski definition) is 2. The van der Waals surface area contributed by atoms with Crippen molar-refractivity contribution in [2.75, 3.05) is 0 Å². The van der Waals surface area contributed by atoms with Crippen molar-refractivity contribution in [1.29, 1.82) is 0 Å². The van der Waals surface area contributed by atoms with Crippen LogP contribution in [0.15, 0.2) is 18.2 Å². The van der Waals surface area contributed by atoms with E-state index in [4.69, 9.17) is 10.8 Å². The first-order chi connectivity index (χ1) is 7.41. The quantitative estimate of drug-likeness (QED) is 0.753. The molecule has 0 fully saturated rings. The monoisotopic (exact) mass is 229 g/mol. The number of benzene rings is 1. The second-order valence-corrected chi connectivity index (χ2v) is 3.20. The minimum atomic E-state index is -1.39. The van der Waals surface area contributed by atoms with Crippen LogP contribution in [0.25, 0.3) is 0 Å². The van der Waals surface area contributed by atoms with Crippen LogP contribution in [0.4, 0.5) is 8.78 Å². The van der Waals surface area contributed by atoms with Crippen molar-refractivity contribution in [3.63, 3.8) is 0 Å². The lowest BCUT2D eigenvalue weighted by Gasteiger charge is -2.06. The zero-order valence-electron chi connectivity index (χ0n) is 8.11. The fraction of sp³-hybridized carbons (Fsp3) is 0.200. The van der Waals surface area contributed by atoms with Gasteiger partial charge in [-0.15, -0.1) is 0 Å². The molecule has 16 heavy (non-hydrogen) atoms. The van der Waals surface area contributed by atoms with Crippen molar-refractivity contribution in [3.05, 3.63) is 35.4 Å². The Morgan fingerprint density at radius 3 is 2.50 bits per heavy atom. The highest BCUT2D eigenvalue weighted by molar-refractivity contribution is 5.98. The van der Waals surface area contributed by atoms with Crippen molar-refractivity contribution < 1.29 is 23.5 Å². The molecular weight excluding hydrogens is 220 g/mol. The van der Waals surface area contributed by atoms with Gasteiger partial charge in [-0.1, -0.05) is 0 Å². The molecule has 0 amide bonds. The summed E-state index contributed by atoms with van der Waals surface area (Å²) in [5.74, 6) is -3.96. The number of halogens is 2. The molecule has 0 heterocycles. The number of rotatable bonds is 4. The van der Waals surface area contributed by atoms with E-state index in [1.165, 1.54) is 0 Å². The first-order valence-corrected chi connectivity index (χ1v) is 4.38. The average Bonchev–Trinajstić information content (AvgIpc) is 2.16. The smallest absolute Gasteiger partial charge is 0.320 e. The summed E-state index contributed by atoms with van der Waals surface area (Å²) in [4.78, 5) is 21.8. The number of carboxylic acid groups (broad SMARTS) is 1. The second kappa shape index (κ2) is 4.80. The van der Waals surface area contributed by atoms with Gasteiger partial charge in [-0.05, 0) is 12.1 Å². The van der Waals surface area contributed by atoms with Crippen LogP contribution >= 0.6 is 0 Å². The molecule has 0 bridgehead atoms. The van der Waals surface area contributed by atoms with Gasteiger partial charge in [0.15, 0.2) is 5.78 Å². The number of ketones is 1. The van der Waals surface area contributed by atoms with Crippen LogP contribution in [0.3, 0.4) is 0 Å². The lowest BCUT2D eigenvalue weighted by atomic mass is 10.0. The van der Waals surface area contributed by atoms with Gasteiger partial charge in [0.05, 0.1) is 5.56 Å². The maximum atomic E-state index is 13.1. The van der Waals surface area contributed by atoms with Crippen LogP contribution in [-0.2, 0) is 4.79 Å². The van der Waals surface area contributed by atoms with Crippen molar-refractivity contribution >= 4 is 11.8 Å². The maximum absolute atomic E-state index is 13.1. The van der Waals surface area contributed by atoms with E-state index in [9.17, 15) is 18.4 Å². The van der Waals surface area contributed by atoms with Gasteiger partial charge < -0.3 is 10.8 Å². The number of Topliss-reactive ketones (excluding diaryl/α,β-unsaturated/α-hetero) is 1. The van der Waals surface area contributed by atoms with E-state index < -0.39 is 35.8 Å². The number of nitrogens with two attached hydrogens (primary N) is 1. The van der Waals surface area contributed by atoms with Crippen LogP contribution in [0.5, 0.6) is 0 Å². The normalized spacial score (nSPS) is 12.2. The summed E-state index contributed by atoms with van der Waals surface area (Å²) in [7, 11) is 0. The molecule has 86 valence electrons. The van der Waals surface area contributed by atoms with E-state index in [0.29, 0.717) is 6.07 Å². The van der Waals surface area contributed by atoms with Gasteiger partial charge in [-0.2, -0.15) is 0 Å². The van der Waals surface area contributed by atoms with Crippen molar-refractivity contribution in [2.45, 2.75) is 12.5 Å². The number of carbonyl (C=O) groups excluding carboxylic acids is 1. The summed E-state index contributed by atoms with van der Waals surface area (Å²) in [5.41, 5.74) is 4.75. The molecule has 0 spiro atoms. The van der Waals surface area contributed by atoms with Crippen molar-refractivity contribution in [1.82, 2.24) is 0 Å². The number of aliphatic carboxylic acids is 1. The topological polar surface area (TPSA) is 80.4 Å². The molecule has 0 aliphatic rings. The molecule has 0 aromatic heterocycles. The molecule has 1 atom stereocenters. The van der Waals surface area contributed by atoms with Crippen LogP contribution < -0.4 is 5.73 Å². The van der Waals surface area contributed by atoms with E-state index in [-0.39, 0.29) is 5.56 Å². The molecule has 0 radical (unpaired) electrons. The Labute approximate surface area is 89.7 Å². The Morgan fingerprint density at radius 2 is 2.00 bits per heavy atom. The SMILES string of the molecule is N[C@H](CC(=O)c1ccc(F)cc1F)C(=O)O. The molecule has 0 aliphatic heterocycles. The highest BCUT2D eigenvalue weighted by atomic mass is 19.1. The Bertz CT molecular complexity index is 434. The lowest BCUT2D eigenvalue weighted by molar-refractivity contribution is -0.138. The van der Waals surface area contributed by atoms with Crippen molar-refractivity contribution in [2.24, 2.45) is 5.73 Å². The third kappa shape index (κ3) is 2.83. The number of carbonyl (C=O) groups is 2. The predicted molar refractivity (Wildman–Crippen MR) is 50.9 cm³/mol. The zero-order chi connectivity index (χ0) is 12.3. The molecule has 1 aromatic carbocycles. The highest BCUT2D eigenvalue weighted by Crippen LogP contribution is 2.12. The van der Waals surface area contributed by atoms with Crippen LogP contribution in [0.1, 0.15) is 16.8 Å². The molecule has 3 N–H and O–H groups in total. The summed E-state index contributed by atoms with van der Waals surface area (Å²) in [5, 5.41) is 8.46.